The molecule has 0 aliphatic carbocycles. The lowest BCUT2D eigenvalue weighted by molar-refractivity contribution is -0.166. The fourth-order valence-electron chi connectivity index (χ4n) is 3.09. The van der Waals surface area contributed by atoms with Crippen molar-refractivity contribution in [3.05, 3.63) is 0 Å². The van der Waals surface area contributed by atoms with Crippen molar-refractivity contribution in [2.75, 3.05) is 138 Å². The van der Waals surface area contributed by atoms with Crippen LogP contribution in [0.4, 0.5) is 0 Å². The highest BCUT2D eigenvalue weighted by atomic mass is 32.2. The molecular formula is C64H114O40S2. The number of thioether (sulfide) groups is 2. The van der Waals surface area contributed by atoms with Crippen LogP contribution in [0.3, 0.4) is 0 Å². The van der Waals surface area contributed by atoms with Gasteiger partial charge in [0.1, 0.15) is 31.5 Å². The average molecular weight is 1590 g/mol. The molecule has 0 atom stereocenters. The molecule has 0 saturated heterocycles. The summed E-state index contributed by atoms with van der Waals surface area (Å²) in [4.78, 5) is 193. The molecule has 106 heavy (non-hydrogen) atoms. The zero-order valence-electron chi connectivity index (χ0n) is 65.5. The summed E-state index contributed by atoms with van der Waals surface area (Å²) in [7, 11) is 2.69. The van der Waals surface area contributed by atoms with E-state index >= 15 is 0 Å². The Morgan fingerprint density at radius 2 is 0.575 bits per heavy atom. The second-order valence-electron chi connectivity index (χ2n) is 17.0. The molecule has 0 heterocycles. The molecule has 0 fully saturated rings. The average Bonchev–Trinajstić information content (AvgIpc) is 1.11. The molecule has 0 aromatic heterocycles. The normalized spacial score (nSPS) is 8.60. The minimum Gasteiger partial charge on any atom is -0.466 e. The summed E-state index contributed by atoms with van der Waals surface area (Å²) in [6.07, 6.45) is 2.30. The second kappa shape index (κ2) is 102. The number of carbonyl (C=O) groups excluding carboxylic acids is 19. The van der Waals surface area contributed by atoms with Crippen LogP contribution < -0.4 is 0 Å². The topological polar surface area (TPSA) is 518 Å². The first-order valence-corrected chi connectivity index (χ1v) is 33.6. The second-order valence-corrected chi connectivity index (χ2v) is 19.1. The Morgan fingerprint density at radius 3 is 0.858 bits per heavy atom. The van der Waals surface area contributed by atoms with E-state index in [0.717, 1.165) is 5.75 Å². The Bertz CT molecular complexity index is 2230. The van der Waals surface area contributed by atoms with E-state index in [2.05, 4.69) is 85.3 Å². The number of Topliss-reactive ketones (excluding diaryl/α,β-unsaturated/α-hetero) is 2. The van der Waals surface area contributed by atoms with Crippen molar-refractivity contribution in [1.82, 2.24) is 0 Å². The number of ketones is 2. The number of hydrogen-bond donors (Lipinski definition) is 0. The van der Waals surface area contributed by atoms with Gasteiger partial charge in [-0.15, -0.1) is 23.5 Å². The summed E-state index contributed by atoms with van der Waals surface area (Å²) in [6.45, 7) is 32.1. The van der Waals surface area contributed by atoms with Gasteiger partial charge in [0.15, 0.2) is 52.0 Å². The van der Waals surface area contributed by atoms with Gasteiger partial charge in [0.2, 0.25) is 13.6 Å². The molecule has 0 saturated carbocycles. The third kappa shape index (κ3) is 187. The van der Waals surface area contributed by atoms with Crippen LogP contribution in [0.25, 0.3) is 0 Å². The molecule has 0 bridgehead atoms. The number of methoxy groups -OCH3 is 2. The number of hydrogen-bond acceptors (Lipinski definition) is 42. The van der Waals surface area contributed by atoms with Gasteiger partial charge in [0.25, 0.3) is 0 Å². The van der Waals surface area contributed by atoms with Crippen molar-refractivity contribution < 1.29 is 191 Å². The van der Waals surface area contributed by atoms with Crippen molar-refractivity contribution in [2.45, 2.75) is 165 Å². The maximum absolute atomic E-state index is 10.6. The van der Waals surface area contributed by atoms with E-state index in [1.807, 2.05) is 27.0 Å². The molecule has 0 aromatic rings. The Kier molecular flexibility index (Phi) is 119. The SMILES string of the molecule is CC(=O)COC(C)=O.CC(=O)OCOC(C)=O.CCC(=O)COC(C)=O.CCC(=O)OCOC(C)=O.CCOC(=O)CC(=O)OCC.CCOC(=O)COC(C)=O.CCOCOC(C)=O.CCOCOCOC(C)=O.CCSCOC(C)=O.COC(=O)COC(C)=O.COCOC(C)=O.CSCOC(C)=O. The lowest BCUT2D eigenvalue weighted by atomic mass is 10.3. The Labute approximate surface area is 627 Å². The molecule has 0 aliphatic heterocycles. The van der Waals surface area contributed by atoms with Crippen LogP contribution in [-0.4, -0.2) is 251 Å². The van der Waals surface area contributed by atoms with Crippen molar-refractivity contribution >= 4 is 137 Å². The van der Waals surface area contributed by atoms with Gasteiger partial charge in [-0.3, -0.25) is 81.5 Å². The van der Waals surface area contributed by atoms with Crippen molar-refractivity contribution in [1.29, 1.82) is 0 Å². The summed E-state index contributed by atoms with van der Waals surface area (Å²) in [5.41, 5.74) is 0. The van der Waals surface area contributed by atoms with E-state index in [-0.39, 0.29) is 134 Å². The van der Waals surface area contributed by atoms with Gasteiger partial charge in [0, 0.05) is 116 Å². The van der Waals surface area contributed by atoms with E-state index < -0.39 is 65.7 Å². The highest BCUT2D eigenvalue weighted by Crippen LogP contribution is 1.98. The van der Waals surface area contributed by atoms with Crippen molar-refractivity contribution in [2.24, 2.45) is 0 Å². The van der Waals surface area contributed by atoms with Crippen LogP contribution in [0, 0.1) is 0 Å². The molecule has 622 valence electrons. The molecule has 0 N–H and O–H groups in total. The molecular weight excluding hydrogens is 1470 g/mol. The maximum Gasteiger partial charge on any atom is 0.344 e. The van der Waals surface area contributed by atoms with Crippen LogP contribution in [0.15, 0.2) is 0 Å². The molecule has 0 aliphatic rings. The molecule has 0 rings (SSSR count). The predicted molar refractivity (Wildman–Crippen MR) is 371 cm³/mol. The van der Waals surface area contributed by atoms with Gasteiger partial charge in [-0.05, 0) is 53.6 Å². The monoisotopic (exact) mass is 1590 g/mol. The molecule has 0 radical (unpaired) electrons. The Morgan fingerprint density at radius 1 is 0.264 bits per heavy atom. The number of rotatable bonds is 34. The number of ether oxygens (including phenoxy) is 21. The predicted octanol–water partition coefficient (Wildman–Crippen LogP) is 4.88. The van der Waals surface area contributed by atoms with Crippen LogP contribution in [0.1, 0.15) is 165 Å². The van der Waals surface area contributed by atoms with Gasteiger partial charge >= 0.3 is 101 Å². The fraction of sp³-hybridized carbons (Fsp3) is 0.703. The van der Waals surface area contributed by atoms with Crippen LogP contribution >= 0.6 is 23.5 Å². The molecule has 0 aromatic carbocycles. The largest absolute Gasteiger partial charge is 0.466 e. The molecule has 0 unspecified atom stereocenters. The zero-order valence-corrected chi connectivity index (χ0v) is 67.1. The van der Waals surface area contributed by atoms with Gasteiger partial charge < -0.3 is 99.5 Å². The zero-order chi connectivity index (χ0) is 85.1. The van der Waals surface area contributed by atoms with E-state index in [1.54, 1.807) is 46.4 Å². The standard InChI is InChI=1S/C7H12O4.C6H12O4.2C6H10O4.C6H10O3.2C5H8O4.C5H8O3.C5H10O3.C5H10O2S.C4H8O3.C4H8O2S/c1-3-10-6(8)5-7(9)11-4-2;1-3-8-4-9-5-10-6(2)7;1-3-9-6(8)4-10-5(2)7;1-3-6(8)10-4-9-5(2)7;1-3-6(8)4-9-5(2)7;1-4(6)9-3-5(7)8-2;1-4(6)8-3-9-5(2)7;1-4(6)3-8-5(2)7;1-3-7-4-8-5(2)6;1-3-8-4-7-5(2)6;1-4(5)7-3-6-2;1-4(5)6-3-7-2/h3-5H2,1-2H3;3-5H2,1-2H3;2*3-4H2,1-2H3;3-4H2,1-2H3;2*3H2,1-2H3;3H2,1-2H3;2*3-4H2,1-2H3;2*3H2,1-2H3. The third-order valence-corrected chi connectivity index (χ3v) is 8.45. The van der Waals surface area contributed by atoms with Crippen LogP contribution in [0.2, 0.25) is 0 Å². The third-order valence-electron chi connectivity index (χ3n) is 7.40. The van der Waals surface area contributed by atoms with Crippen molar-refractivity contribution in [3.63, 3.8) is 0 Å². The molecule has 0 amide bonds. The lowest BCUT2D eigenvalue weighted by Crippen LogP contribution is -2.14. The van der Waals surface area contributed by atoms with Gasteiger partial charge in [-0.25, -0.2) is 9.59 Å². The first kappa shape index (κ1) is 124. The summed E-state index contributed by atoms with van der Waals surface area (Å²) < 4.78 is 93.3. The lowest BCUT2D eigenvalue weighted by Gasteiger charge is -2.02. The summed E-state index contributed by atoms with van der Waals surface area (Å²) in [5.74, 6) is -5.31. The molecule has 42 heteroatoms. The molecule has 40 nitrogen and oxygen atoms in total. The Hall–Kier alpha value is -9.13. The van der Waals surface area contributed by atoms with Crippen molar-refractivity contribution in [3.8, 4) is 0 Å². The van der Waals surface area contributed by atoms with Crippen LogP contribution in [-0.2, 0) is 191 Å². The van der Waals surface area contributed by atoms with E-state index in [9.17, 15) is 91.1 Å². The van der Waals surface area contributed by atoms with Gasteiger partial charge in [0.05, 0.1) is 26.9 Å². The van der Waals surface area contributed by atoms with Gasteiger partial charge in [-0.2, -0.15) is 0 Å². The van der Waals surface area contributed by atoms with E-state index in [4.69, 9.17) is 14.2 Å². The first-order chi connectivity index (χ1) is 49.5. The first-order valence-electron chi connectivity index (χ1n) is 31.1. The number of esters is 17. The maximum atomic E-state index is 10.6. The summed E-state index contributed by atoms with van der Waals surface area (Å²) in [5, 5.41) is 0. The highest BCUT2D eigenvalue weighted by molar-refractivity contribution is 7.99. The summed E-state index contributed by atoms with van der Waals surface area (Å²) in [6, 6.07) is 0. The highest BCUT2D eigenvalue weighted by Gasteiger charge is 2.10. The van der Waals surface area contributed by atoms with Crippen LogP contribution in [0.5, 0.6) is 0 Å². The van der Waals surface area contributed by atoms with E-state index in [1.165, 1.54) is 116 Å². The Balaban J connectivity index is -0.0000000911. The minimum atomic E-state index is -0.551. The summed E-state index contributed by atoms with van der Waals surface area (Å²) >= 11 is 3.08. The molecule has 0 spiro atoms. The van der Waals surface area contributed by atoms with Gasteiger partial charge in [-0.1, -0.05) is 20.8 Å². The minimum absolute atomic E-state index is 0.0324. The smallest absolute Gasteiger partial charge is 0.344 e. The van der Waals surface area contributed by atoms with E-state index in [0.29, 0.717) is 44.5 Å². The quantitative estimate of drug-likeness (QED) is 0.0272. The number of carbonyl (C=O) groups is 19. The fourth-order valence-corrected chi connectivity index (χ4v) is 3.79.